The van der Waals surface area contributed by atoms with Crippen LogP contribution < -0.4 is 20.9 Å². The molecule has 0 radical (unpaired) electrons. The predicted octanol–water partition coefficient (Wildman–Crippen LogP) is 4.94. The van der Waals surface area contributed by atoms with Crippen LogP contribution in [0.4, 0.5) is 10.2 Å². The second kappa shape index (κ2) is 12.3. The number of carboxylic acids is 1. The number of hydrogen-bond acceptors (Lipinski definition) is 6. The summed E-state index contributed by atoms with van der Waals surface area (Å²) in [6.45, 7) is 5.79. The first-order valence-corrected chi connectivity index (χ1v) is 13.5. The van der Waals surface area contributed by atoms with E-state index >= 15 is 0 Å². The summed E-state index contributed by atoms with van der Waals surface area (Å²) in [4.78, 5) is 41.1. The first-order chi connectivity index (χ1) is 19.1. The number of hydrogen-bond donors (Lipinski definition) is 3. The van der Waals surface area contributed by atoms with Gasteiger partial charge in [0.1, 0.15) is 11.6 Å². The van der Waals surface area contributed by atoms with E-state index in [1.807, 2.05) is 38.1 Å². The normalized spacial score (nSPS) is 13.1. The van der Waals surface area contributed by atoms with Crippen molar-refractivity contribution in [1.82, 2.24) is 14.9 Å². The number of carboxylic acid groups (broad SMARTS) is 1. The van der Waals surface area contributed by atoms with E-state index in [-0.39, 0.29) is 41.0 Å². The van der Waals surface area contributed by atoms with E-state index in [1.54, 1.807) is 6.92 Å². The van der Waals surface area contributed by atoms with Gasteiger partial charge >= 0.3 is 5.97 Å². The maximum Gasteiger partial charge on any atom is 0.303 e. The largest absolute Gasteiger partial charge is 0.493 e. The molecule has 1 aliphatic rings. The molecule has 1 fully saturated rings. The monoisotopic (exact) mass is 550 g/mol. The number of benzene rings is 2. The first-order valence-electron chi connectivity index (χ1n) is 13.5. The SMILES string of the molecule is Cc1c(F)cc(C(=O)NC2CC2)cc1-n1ccnc(NC(C)(C)c2ccccc2OCCCCCC(=O)O)c1=O. The van der Waals surface area contributed by atoms with Gasteiger partial charge < -0.3 is 20.5 Å². The molecule has 1 saturated carbocycles. The van der Waals surface area contributed by atoms with Crippen LogP contribution in [-0.2, 0) is 10.3 Å². The molecule has 4 rings (SSSR count). The number of ether oxygens (including phenoxy) is 1. The molecule has 0 bridgehead atoms. The van der Waals surface area contributed by atoms with Gasteiger partial charge in [0.05, 0.1) is 17.8 Å². The molecule has 3 aromatic rings. The highest BCUT2D eigenvalue weighted by Crippen LogP contribution is 2.32. The molecule has 10 heteroatoms. The number of rotatable bonds is 13. The number of anilines is 1. The number of aliphatic carboxylic acids is 1. The van der Waals surface area contributed by atoms with Crippen molar-refractivity contribution < 1.29 is 23.8 Å². The van der Waals surface area contributed by atoms with Gasteiger partial charge in [-0.15, -0.1) is 0 Å². The van der Waals surface area contributed by atoms with E-state index < -0.39 is 22.9 Å². The molecule has 212 valence electrons. The van der Waals surface area contributed by atoms with Crippen LogP contribution in [0, 0.1) is 12.7 Å². The van der Waals surface area contributed by atoms with Crippen molar-refractivity contribution in [3.63, 3.8) is 0 Å². The minimum absolute atomic E-state index is 0.0589. The number of carbonyl (C=O) groups is 2. The smallest absolute Gasteiger partial charge is 0.303 e. The fourth-order valence-electron chi connectivity index (χ4n) is 4.44. The zero-order chi connectivity index (χ0) is 28.9. The highest BCUT2D eigenvalue weighted by Gasteiger charge is 2.27. The fourth-order valence-corrected chi connectivity index (χ4v) is 4.44. The second-order valence-electron chi connectivity index (χ2n) is 10.6. The molecule has 1 aromatic heterocycles. The highest BCUT2D eigenvalue weighted by atomic mass is 19.1. The number of para-hydroxylation sites is 1. The Hall–Kier alpha value is -4.21. The lowest BCUT2D eigenvalue weighted by Crippen LogP contribution is -2.34. The Morgan fingerprint density at radius 2 is 1.93 bits per heavy atom. The molecule has 0 aliphatic heterocycles. The molecule has 0 saturated heterocycles. The summed E-state index contributed by atoms with van der Waals surface area (Å²) in [7, 11) is 0. The van der Waals surface area contributed by atoms with Gasteiger partial charge in [-0.3, -0.25) is 19.0 Å². The molecular weight excluding hydrogens is 515 g/mol. The lowest BCUT2D eigenvalue weighted by Gasteiger charge is -2.29. The third-order valence-corrected chi connectivity index (χ3v) is 6.88. The molecular formula is C30H35FN4O5. The van der Waals surface area contributed by atoms with Crippen LogP contribution in [0.5, 0.6) is 5.75 Å². The van der Waals surface area contributed by atoms with Crippen LogP contribution in [-0.4, -0.2) is 39.2 Å². The number of amides is 1. The molecule has 1 aliphatic carbocycles. The number of nitrogens with one attached hydrogen (secondary N) is 2. The molecule has 0 atom stereocenters. The molecule has 3 N–H and O–H groups in total. The molecule has 0 spiro atoms. The Morgan fingerprint density at radius 3 is 2.65 bits per heavy atom. The standard InChI is InChI=1S/C30H35FN4O5/c1-19-23(31)17-20(28(38)33-21-12-13-21)18-24(19)35-15-14-32-27(29(35)39)34-30(2,3)22-9-6-7-10-25(22)40-16-8-4-5-11-26(36)37/h6-7,9-10,14-15,17-18,21H,4-5,8,11-13,16H2,1-3H3,(H,32,34)(H,33,38)(H,36,37). The van der Waals surface area contributed by atoms with Crippen molar-refractivity contribution in [2.45, 2.75) is 70.9 Å². The van der Waals surface area contributed by atoms with Crippen LogP contribution in [0.3, 0.4) is 0 Å². The van der Waals surface area contributed by atoms with Gasteiger partial charge in [-0.1, -0.05) is 18.2 Å². The van der Waals surface area contributed by atoms with Crippen molar-refractivity contribution in [2.24, 2.45) is 0 Å². The average Bonchev–Trinajstić information content (AvgIpc) is 3.73. The van der Waals surface area contributed by atoms with Gasteiger partial charge in [0.15, 0.2) is 5.82 Å². The number of halogens is 1. The molecule has 1 heterocycles. The van der Waals surface area contributed by atoms with E-state index in [2.05, 4.69) is 15.6 Å². The minimum Gasteiger partial charge on any atom is -0.493 e. The number of carbonyl (C=O) groups excluding carboxylic acids is 1. The van der Waals surface area contributed by atoms with Crippen LogP contribution in [0.15, 0.2) is 53.6 Å². The highest BCUT2D eigenvalue weighted by molar-refractivity contribution is 5.95. The zero-order valence-electron chi connectivity index (χ0n) is 23.0. The van der Waals surface area contributed by atoms with E-state index in [0.29, 0.717) is 25.2 Å². The number of unbranched alkanes of at least 4 members (excludes halogenated alkanes) is 2. The summed E-state index contributed by atoms with van der Waals surface area (Å²) >= 11 is 0. The van der Waals surface area contributed by atoms with Crippen molar-refractivity contribution in [3.8, 4) is 11.4 Å². The minimum atomic E-state index is -0.806. The summed E-state index contributed by atoms with van der Waals surface area (Å²) < 4.78 is 22.2. The lowest BCUT2D eigenvalue weighted by atomic mass is 9.93. The third-order valence-electron chi connectivity index (χ3n) is 6.88. The van der Waals surface area contributed by atoms with E-state index in [0.717, 1.165) is 24.8 Å². The van der Waals surface area contributed by atoms with Gasteiger partial charge in [-0.2, -0.15) is 0 Å². The van der Waals surface area contributed by atoms with E-state index in [9.17, 15) is 18.8 Å². The Morgan fingerprint density at radius 1 is 1.18 bits per heavy atom. The van der Waals surface area contributed by atoms with Crippen molar-refractivity contribution in [2.75, 3.05) is 11.9 Å². The third kappa shape index (κ3) is 7.05. The maximum atomic E-state index is 14.8. The van der Waals surface area contributed by atoms with Gasteiger partial charge in [-0.25, -0.2) is 9.37 Å². The van der Waals surface area contributed by atoms with Crippen LogP contribution in [0.1, 0.15) is 73.9 Å². The van der Waals surface area contributed by atoms with Gasteiger partial charge in [0.2, 0.25) is 0 Å². The summed E-state index contributed by atoms with van der Waals surface area (Å²) in [6.07, 6.45) is 6.90. The molecule has 0 unspecified atom stereocenters. The van der Waals surface area contributed by atoms with Gasteiger partial charge in [0, 0.05) is 41.5 Å². The summed E-state index contributed by atoms with van der Waals surface area (Å²) in [6, 6.07) is 10.3. The molecule has 2 aromatic carbocycles. The zero-order valence-corrected chi connectivity index (χ0v) is 23.0. The van der Waals surface area contributed by atoms with Gasteiger partial charge in [0.25, 0.3) is 11.5 Å². The molecule has 40 heavy (non-hydrogen) atoms. The average molecular weight is 551 g/mol. The molecule has 1 amide bonds. The van der Waals surface area contributed by atoms with Crippen molar-refractivity contribution in [3.05, 3.63) is 81.7 Å². The van der Waals surface area contributed by atoms with Gasteiger partial charge in [-0.05, 0) is 71.1 Å². The van der Waals surface area contributed by atoms with E-state index in [1.165, 1.54) is 29.1 Å². The Labute approximate surface area is 232 Å². The summed E-state index contributed by atoms with van der Waals surface area (Å²) in [5.74, 6) is -1.06. The quantitative estimate of drug-likeness (QED) is 0.258. The Kier molecular flexibility index (Phi) is 8.86. The predicted molar refractivity (Wildman–Crippen MR) is 150 cm³/mol. The van der Waals surface area contributed by atoms with E-state index in [4.69, 9.17) is 9.84 Å². The fraction of sp³-hybridized carbons (Fsp3) is 0.400. The summed E-state index contributed by atoms with van der Waals surface area (Å²) in [5, 5.41) is 14.9. The second-order valence-corrected chi connectivity index (χ2v) is 10.6. The van der Waals surface area contributed by atoms with Crippen molar-refractivity contribution in [1.29, 1.82) is 0 Å². The lowest BCUT2D eigenvalue weighted by molar-refractivity contribution is -0.137. The van der Waals surface area contributed by atoms with Crippen LogP contribution in [0.2, 0.25) is 0 Å². The first kappa shape index (κ1) is 28.8. The van der Waals surface area contributed by atoms with Crippen molar-refractivity contribution >= 4 is 17.7 Å². The van der Waals surface area contributed by atoms with Crippen LogP contribution >= 0.6 is 0 Å². The number of aromatic nitrogens is 2. The Bertz CT molecular complexity index is 1450. The maximum absolute atomic E-state index is 14.8. The van der Waals surface area contributed by atoms with Crippen LogP contribution in [0.25, 0.3) is 5.69 Å². The Balaban J connectivity index is 1.55. The summed E-state index contributed by atoms with van der Waals surface area (Å²) in [5.41, 5.74) is 0.187. The topological polar surface area (TPSA) is 123 Å². The molecule has 9 nitrogen and oxygen atoms in total. The number of nitrogens with zero attached hydrogens (tertiary/aromatic N) is 2.